The van der Waals surface area contributed by atoms with E-state index in [1.807, 2.05) is 0 Å². The highest BCUT2D eigenvalue weighted by molar-refractivity contribution is 4.78. The average Bonchev–Trinajstić information content (AvgIpc) is 2.27. The predicted octanol–water partition coefficient (Wildman–Crippen LogP) is 2.12. The second kappa shape index (κ2) is 6.72. The molecule has 0 aromatic heterocycles. The minimum atomic E-state index is 0.252. The standard InChI is InChI=1S/C14H30N2O/c1-12(17-5)11-16-8-6-13(7-9-16)10-15-14(2,3)4/h12-13,15H,6-11H2,1-5H3. The molecule has 3 heteroatoms. The van der Waals surface area contributed by atoms with Crippen LogP contribution in [0.4, 0.5) is 0 Å². The molecule has 1 heterocycles. The van der Waals surface area contributed by atoms with Gasteiger partial charge in [-0.25, -0.2) is 0 Å². The molecule has 3 nitrogen and oxygen atoms in total. The van der Waals surface area contributed by atoms with Gasteiger partial charge in [-0.15, -0.1) is 0 Å². The molecule has 1 unspecified atom stereocenters. The Morgan fingerprint density at radius 2 is 1.88 bits per heavy atom. The van der Waals surface area contributed by atoms with Crippen LogP contribution in [0.2, 0.25) is 0 Å². The molecule has 1 rings (SSSR count). The molecule has 0 aromatic carbocycles. The number of nitrogens with zero attached hydrogens (tertiary/aromatic N) is 1. The van der Waals surface area contributed by atoms with Gasteiger partial charge in [-0.1, -0.05) is 0 Å². The highest BCUT2D eigenvalue weighted by Gasteiger charge is 2.21. The summed E-state index contributed by atoms with van der Waals surface area (Å²) in [7, 11) is 1.80. The first kappa shape index (κ1) is 14.9. The molecule has 0 spiro atoms. The van der Waals surface area contributed by atoms with Crippen LogP contribution in [0.3, 0.4) is 0 Å². The van der Waals surface area contributed by atoms with Crippen LogP contribution in [0.5, 0.6) is 0 Å². The summed E-state index contributed by atoms with van der Waals surface area (Å²) in [6.07, 6.45) is 3.00. The highest BCUT2D eigenvalue weighted by Crippen LogP contribution is 2.17. The summed E-state index contributed by atoms with van der Waals surface area (Å²) in [4.78, 5) is 2.53. The van der Waals surface area contributed by atoms with Gasteiger partial charge >= 0.3 is 0 Å². The lowest BCUT2D eigenvalue weighted by molar-refractivity contribution is 0.0621. The van der Waals surface area contributed by atoms with Crippen LogP contribution in [-0.4, -0.2) is 49.8 Å². The van der Waals surface area contributed by atoms with E-state index >= 15 is 0 Å². The summed E-state index contributed by atoms with van der Waals surface area (Å²) in [5.74, 6) is 0.850. The smallest absolute Gasteiger partial charge is 0.0670 e. The van der Waals surface area contributed by atoms with Crippen molar-refractivity contribution in [1.29, 1.82) is 0 Å². The molecule has 102 valence electrons. The fourth-order valence-corrected chi connectivity index (χ4v) is 2.26. The zero-order chi connectivity index (χ0) is 12.9. The number of piperidine rings is 1. The molecule has 0 saturated carbocycles. The van der Waals surface area contributed by atoms with E-state index in [0.29, 0.717) is 6.10 Å². The fourth-order valence-electron chi connectivity index (χ4n) is 2.26. The van der Waals surface area contributed by atoms with Gasteiger partial charge in [-0.2, -0.15) is 0 Å². The van der Waals surface area contributed by atoms with E-state index in [1.54, 1.807) is 7.11 Å². The van der Waals surface area contributed by atoms with Gasteiger partial charge in [0.1, 0.15) is 0 Å². The molecule has 17 heavy (non-hydrogen) atoms. The minimum absolute atomic E-state index is 0.252. The zero-order valence-corrected chi connectivity index (χ0v) is 12.3. The van der Waals surface area contributed by atoms with Gasteiger partial charge in [0.25, 0.3) is 0 Å². The van der Waals surface area contributed by atoms with E-state index < -0.39 is 0 Å². The number of nitrogens with one attached hydrogen (secondary N) is 1. The molecule has 1 fully saturated rings. The van der Waals surface area contributed by atoms with E-state index in [0.717, 1.165) is 19.0 Å². The van der Waals surface area contributed by atoms with Crippen molar-refractivity contribution in [2.75, 3.05) is 33.3 Å². The zero-order valence-electron chi connectivity index (χ0n) is 12.3. The van der Waals surface area contributed by atoms with Gasteiger partial charge in [-0.3, -0.25) is 0 Å². The normalized spacial score (nSPS) is 21.7. The lowest BCUT2D eigenvalue weighted by atomic mass is 9.95. The Kier molecular flexibility index (Phi) is 5.90. The molecule has 0 amide bonds. The second-order valence-electron chi connectivity index (χ2n) is 6.42. The Balaban J connectivity index is 2.17. The molecule has 0 aliphatic carbocycles. The van der Waals surface area contributed by atoms with Crippen LogP contribution in [-0.2, 0) is 4.74 Å². The third kappa shape index (κ3) is 6.39. The number of methoxy groups -OCH3 is 1. The molecule has 1 aliphatic rings. The first-order valence-corrected chi connectivity index (χ1v) is 6.91. The molecular weight excluding hydrogens is 212 g/mol. The van der Waals surface area contributed by atoms with Gasteiger partial charge in [-0.05, 0) is 66.1 Å². The average molecular weight is 242 g/mol. The van der Waals surface area contributed by atoms with Crippen LogP contribution in [0, 0.1) is 5.92 Å². The maximum Gasteiger partial charge on any atom is 0.0670 e. The summed E-state index contributed by atoms with van der Waals surface area (Å²) >= 11 is 0. The molecule has 1 saturated heterocycles. The van der Waals surface area contributed by atoms with Crippen molar-refractivity contribution in [3.63, 3.8) is 0 Å². The molecule has 1 N–H and O–H groups in total. The Morgan fingerprint density at radius 1 is 1.29 bits per heavy atom. The van der Waals surface area contributed by atoms with Crippen molar-refractivity contribution in [2.45, 2.75) is 52.2 Å². The minimum Gasteiger partial charge on any atom is -0.380 e. The third-order valence-corrected chi connectivity index (χ3v) is 3.55. The number of likely N-dealkylation sites (tertiary alicyclic amines) is 1. The van der Waals surface area contributed by atoms with Gasteiger partial charge in [0.05, 0.1) is 6.10 Å². The summed E-state index contributed by atoms with van der Waals surface area (Å²) in [5.41, 5.74) is 0.252. The summed E-state index contributed by atoms with van der Waals surface area (Å²) < 4.78 is 5.32. The lowest BCUT2D eigenvalue weighted by Crippen LogP contribution is -2.44. The van der Waals surface area contributed by atoms with E-state index in [4.69, 9.17) is 4.74 Å². The highest BCUT2D eigenvalue weighted by atomic mass is 16.5. The van der Waals surface area contributed by atoms with Crippen molar-refractivity contribution in [3.05, 3.63) is 0 Å². The second-order valence-corrected chi connectivity index (χ2v) is 6.42. The fraction of sp³-hybridized carbons (Fsp3) is 1.00. The van der Waals surface area contributed by atoms with Crippen molar-refractivity contribution in [2.24, 2.45) is 5.92 Å². The Bertz CT molecular complexity index is 205. The summed E-state index contributed by atoms with van der Waals surface area (Å²) in [6, 6.07) is 0. The SMILES string of the molecule is COC(C)CN1CCC(CNC(C)(C)C)CC1. The van der Waals surface area contributed by atoms with E-state index in [-0.39, 0.29) is 5.54 Å². The largest absolute Gasteiger partial charge is 0.380 e. The van der Waals surface area contributed by atoms with E-state index in [1.165, 1.54) is 25.9 Å². The number of hydrogen-bond donors (Lipinski definition) is 1. The van der Waals surface area contributed by atoms with Crippen molar-refractivity contribution < 1.29 is 4.74 Å². The topological polar surface area (TPSA) is 24.5 Å². The van der Waals surface area contributed by atoms with Crippen LogP contribution in [0.1, 0.15) is 40.5 Å². The quantitative estimate of drug-likeness (QED) is 0.799. The van der Waals surface area contributed by atoms with Crippen molar-refractivity contribution in [1.82, 2.24) is 10.2 Å². The Labute approximate surface area is 107 Å². The number of rotatable bonds is 5. The van der Waals surface area contributed by atoms with Gasteiger partial charge in [0.2, 0.25) is 0 Å². The van der Waals surface area contributed by atoms with Gasteiger partial charge < -0.3 is 15.0 Å². The maximum atomic E-state index is 5.32. The van der Waals surface area contributed by atoms with Crippen LogP contribution < -0.4 is 5.32 Å². The summed E-state index contributed by atoms with van der Waals surface area (Å²) in [5, 5.41) is 3.62. The molecule has 0 aromatic rings. The predicted molar refractivity (Wildman–Crippen MR) is 73.4 cm³/mol. The molecular formula is C14H30N2O. The molecule has 1 atom stereocenters. The van der Waals surface area contributed by atoms with Crippen molar-refractivity contribution >= 4 is 0 Å². The van der Waals surface area contributed by atoms with E-state index in [2.05, 4.69) is 37.9 Å². The summed E-state index contributed by atoms with van der Waals surface area (Å²) in [6.45, 7) is 13.6. The maximum absolute atomic E-state index is 5.32. The molecule has 1 aliphatic heterocycles. The third-order valence-electron chi connectivity index (χ3n) is 3.55. The van der Waals surface area contributed by atoms with Crippen LogP contribution in [0.15, 0.2) is 0 Å². The molecule has 0 radical (unpaired) electrons. The van der Waals surface area contributed by atoms with E-state index in [9.17, 15) is 0 Å². The number of hydrogen-bond acceptors (Lipinski definition) is 3. The van der Waals surface area contributed by atoms with Crippen molar-refractivity contribution in [3.8, 4) is 0 Å². The Hall–Kier alpha value is -0.120. The lowest BCUT2D eigenvalue weighted by Gasteiger charge is -2.34. The van der Waals surface area contributed by atoms with Crippen LogP contribution in [0.25, 0.3) is 0 Å². The monoisotopic (exact) mass is 242 g/mol. The first-order valence-electron chi connectivity index (χ1n) is 6.91. The Morgan fingerprint density at radius 3 is 2.35 bits per heavy atom. The first-order chi connectivity index (χ1) is 7.90. The number of ether oxygens (including phenoxy) is 1. The van der Waals surface area contributed by atoms with Gasteiger partial charge in [0, 0.05) is 19.2 Å². The molecule has 0 bridgehead atoms. The van der Waals surface area contributed by atoms with Crippen LogP contribution >= 0.6 is 0 Å². The van der Waals surface area contributed by atoms with Gasteiger partial charge in [0.15, 0.2) is 0 Å².